The Hall–Kier alpha value is -3.55. The van der Waals surface area contributed by atoms with Crippen LogP contribution in [-0.2, 0) is 14.8 Å². The molecule has 0 saturated heterocycles. The van der Waals surface area contributed by atoms with Gasteiger partial charge in [-0.25, -0.2) is 22.0 Å². The summed E-state index contributed by atoms with van der Waals surface area (Å²) in [6, 6.07) is 8.00. The van der Waals surface area contributed by atoms with Gasteiger partial charge in [-0.1, -0.05) is 13.5 Å². The number of anilines is 2. The van der Waals surface area contributed by atoms with E-state index in [1.807, 2.05) is 0 Å². The predicted octanol–water partition coefficient (Wildman–Crippen LogP) is 5.91. The fraction of sp³-hybridized carbons (Fsp3) is 0.444. The van der Waals surface area contributed by atoms with E-state index >= 15 is 0 Å². The van der Waals surface area contributed by atoms with E-state index < -0.39 is 50.9 Å². The molecule has 0 radical (unpaired) electrons. The number of nitrogens with zero attached hydrogens (tertiary/aromatic N) is 1. The highest BCUT2D eigenvalue weighted by Gasteiger charge is 2.64. The van der Waals surface area contributed by atoms with Gasteiger partial charge in [0.05, 0.1) is 23.7 Å². The first-order chi connectivity index (χ1) is 18.8. The summed E-state index contributed by atoms with van der Waals surface area (Å²) in [7, 11) is -4.31. The van der Waals surface area contributed by atoms with Gasteiger partial charge < -0.3 is 14.8 Å². The Kier molecular flexibility index (Phi) is 7.47. The van der Waals surface area contributed by atoms with E-state index in [-0.39, 0.29) is 41.5 Å². The van der Waals surface area contributed by atoms with Crippen molar-refractivity contribution in [2.45, 2.75) is 62.6 Å². The highest BCUT2D eigenvalue weighted by molar-refractivity contribution is 7.92. The number of ether oxygens (including phenoxy) is 2. The maximum absolute atomic E-state index is 14.4. The zero-order chi connectivity index (χ0) is 30.6. The van der Waals surface area contributed by atoms with Crippen LogP contribution in [0.3, 0.4) is 0 Å². The molecule has 2 unspecified atom stereocenters. The van der Waals surface area contributed by atoms with Gasteiger partial charge in [-0.05, 0) is 69.7 Å². The monoisotopic (exact) mass is 603 g/mol. The summed E-state index contributed by atoms with van der Waals surface area (Å²) in [5.41, 5.74) is -4.64. The molecule has 1 fully saturated rings. The normalized spacial score (nSPS) is 24.1. The lowest BCUT2D eigenvalue weighted by molar-refractivity contribution is -0.242. The van der Waals surface area contributed by atoms with E-state index in [0.717, 1.165) is 28.6 Å². The summed E-state index contributed by atoms with van der Waals surface area (Å²) in [5.74, 6) is -0.561. The number of alkyl halides is 4. The number of carbonyl (C=O) groups is 1. The molecule has 1 aliphatic carbocycles. The summed E-state index contributed by atoms with van der Waals surface area (Å²) < 4.78 is 106. The minimum absolute atomic E-state index is 0.0252. The number of rotatable bonds is 8. The van der Waals surface area contributed by atoms with Gasteiger partial charge >= 0.3 is 12.3 Å². The van der Waals surface area contributed by atoms with Crippen molar-refractivity contribution in [3.63, 3.8) is 0 Å². The number of carbonyl (C=O) groups excluding carboxylic acids is 1. The minimum atomic E-state index is -4.83. The summed E-state index contributed by atoms with van der Waals surface area (Å²) in [4.78, 5) is 12.0. The number of halogens is 5. The minimum Gasteiger partial charge on any atom is -0.484 e. The van der Waals surface area contributed by atoms with Crippen LogP contribution in [0.25, 0.3) is 0 Å². The van der Waals surface area contributed by atoms with Gasteiger partial charge in [0.2, 0.25) is 5.60 Å². The molecule has 2 aromatic carbocycles. The molecule has 8 nitrogen and oxygen atoms in total. The van der Waals surface area contributed by atoms with E-state index in [0.29, 0.717) is 19.5 Å². The van der Waals surface area contributed by atoms with Crippen molar-refractivity contribution in [2.75, 3.05) is 22.7 Å². The number of amides is 1. The first-order valence-electron chi connectivity index (χ1n) is 12.5. The SMILES string of the molecule is C=C(NC[C@H]1CN(S(=O)(=O)c2ccc(F)cc2)c2cc(NC(=O)OC(C)(C)C(F)(F)F)ccc2O1)C1(C)CC1(C)F. The summed E-state index contributed by atoms with van der Waals surface area (Å²) >= 11 is 0. The van der Waals surface area contributed by atoms with E-state index in [9.17, 15) is 35.2 Å². The second kappa shape index (κ2) is 10.1. The molecule has 224 valence electrons. The Morgan fingerprint density at radius 3 is 2.34 bits per heavy atom. The molecule has 2 N–H and O–H groups in total. The molecule has 0 spiro atoms. The number of sulfonamides is 1. The van der Waals surface area contributed by atoms with E-state index in [4.69, 9.17) is 4.74 Å². The summed E-state index contributed by atoms with van der Waals surface area (Å²) in [6.45, 7) is 8.30. The lowest BCUT2D eigenvalue weighted by Crippen LogP contribution is -2.48. The maximum Gasteiger partial charge on any atom is 0.427 e. The molecule has 2 aromatic rings. The van der Waals surface area contributed by atoms with Gasteiger partial charge in [0.25, 0.3) is 10.0 Å². The Morgan fingerprint density at radius 2 is 1.78 bits per heavy atom. The van der Waals surface area contributed by atoms with Crippen LogP contribution in [0.2, 0.25) is 0 Å². The second-order valence-corrected chi connectivity index (χ2v) is 12.9. The Bertz CT molecular complexity index is 1460. The largest absolute Gasteiger partial charge is 0.484 e. The maximum atomic E-state index is 14.4. The van der Waals surface area contributed by atoms with Crippen molar-refractivity contribution < 1.29 is 44.6 Å². The Labute approximate surface area is 234 Å². The van der Waals surface area contributed by atoms with E-state index in [2.05, 4.69) is 21.9 Å². The third kappa shape index (κ3) is 5.92. The van der Waals surface area contributed by atoms with Crippen molar-refractivity contribution >= 4 is 27.5 Å². The zero-order valence-corrected chi connectivity index (χ0v) is 23.6. The molecule has 2 aliphatic rings. The van der Waals surface area contributed by atoms with Crippen LogP contribution < -0.4 is 19.7 Å². The van der Waals surface area contributed by atoms with Crippen LogP contribution in [-0.4, -0.2) is 51.2 Å². The van der Waals surface area contributed by atoms with Crippen molar-refractivity contribution in [1.29, 1.82) is 0 Å². The standard InChI is InChI=1S/C27H30F5N3O5S/c1-16(25(4)15-26(25,5)29)33-13-19-14-35(41(37,38)20-9-6-17(28)7-10-20)21-12-18(8-11-22(21)39-19)34-23(36)40-24(2,3)27(30,31)32/h6-12,19,33H,1,13-15H2,2-5H3,(H,34,36)/t19-,25?,26?/m0/s1. The molecule has 14 heteroatoms. The highest BCUT2D eigenvalue weighted by Crippen LogP contribution is 2.62. The van der Waals surface area contributed by atoms with Gasteiger partial charge in [-0.15, -0.1) is 0 Å². The summed E-state index contributed by atoms with van der Waals surface area (Å²) in [6.07, 6.45) is -6.74. The molecule has 0 aromatic heterocycles. The van der Waals surface area contributed by atoms with Crippen molar-refractivity contribution in [3.8, 4) is 5.75 Å². The van der Waals surface area contributed by atoms with Crippen molar-refractivity contribution in [2.24, 2.45) is 5.41 Å². The van der Waals surface area contributed by atoms with E-state index in [1.165, 1.54) is 25.1 Å². The zero-order valence-electron chi connectivity index (χ0n) is 22.7. The lowest BCUT2D eigenvalue weighted by Gasteiger charge is -2.36. The van der Waals surface area contributed by atoms with E-state index in [1.54, 1.807) is 6.92 Å². The van der Waals surface area contributed by atoms with Gasteiger partial charge in [0.1, 0.15) is 23.3 Å². The van der Waals surface area contributed by atoms with Gasteiger partial charge in [0.15, 0.2) is 0 Å². The average Bonchev–Trinajstić information content (AvgIpc) is 3.39. The van der Waals surface area contributed by atoms with Crippen molar-refractivity contribution in [3.05, 3.63) is 60.6 Å². The molecule has 1 amide bonds. The molecule has 1 aliphatic heterocycles. The predicted molar refractivity (Wildman–Crippen MR) is 141 cm³/mol. The van der Waals surface area contributed by atoms with Crippen LogP contribution in [0.4, 0.5) is 38.1 Å². The summed E-state index contributed by atoms with van der Waals surface area (Å²) in [5, 5.41) is 5.21. The molecular formula is C27H30F5N3O5S. The van der Waals surface area contributed by atoms with Gasteiger partial charge in [0, 0.05) is 16.8 Å². The number of hydrogen-bond acceptors (Lipinski definition) is 6. The van der Waals surface area contributed by atoms with Crippen LogP contribution >= 0.6 is 0 Å². The molecule has 41 heavy (non-hydrogen) atoms. The number of allylic oxidation sites excluding steroid dienone is 1. The molecule has 1 saturated carbocycles. The average molecular weight is 604 g/mol. The Balaban J connectivity index is 1.61. The first kappa shape index (κ1) is 30.4. The van der Waals surface area contributed by atoms with Gasteiger partial charge in [-0.2, -0.15) is 13.2 Å². The highest BCUT2D eigenvalue weighted by atomic mass is 32.2. The smallest absolute Gasteiger partial charge is 0.427 e. The number of benzene rings is 2. The fourth-order valence-electron chi connectivity index (χ4n) is 4.36. The fourth-order valence-corrected chi connectivity index (χ4v) is 5.86. The lowest BCUT2D eigenvalue weighted by atomic mass is 10.0. The third-order valence-electron chi connectivity index (χ3n) is 7.49. The first-order valence-corrected chi connectivity index (χ1v) is 14.0. The molecular weight excluding hydrogens is 573 g/mol. The molecule has 4 rings (SSSR count). The van der Waals surface area contributed by atoms with Crippen LogP contribution in [0.5, 0.6) is 5.75 Å². The second-order valence-electron chi connectivity index (χ2n) is 11.0. The number of fused-ring (bicyclic) bond motifs is 1. The third-order valence-corrected chi connectivity index (χ3v) is 9.28. The topological polar surface area (TPSA) is 97.0 Å². The molecule has 0 bridgehead atoms. The number of hydrogen-bond donors (Lipinski definition) is 2. The molecule has 3 atom stereocenters. The van der Waals surface area contributed by atoms with Crippen LogP contribution in [0.1, 0.15) is 34.1 Å². The van der Waals surface area contributed by atoms with Gasteiger partial charge in [-0.3, -0.25) is 9.62 Å². The van der Waals surface area contributed by atoms with Crippen LogP contribution in [0, 0.1) is 11.2 Å². The van der Waals surface area contributed by atoms with Crippen LogP contribution in [0.15, 0.2) is 59.6 Å². The molecule has 1 heterocycles. The number of nitrogens with one attached hydrogen (secondary N) is 2. The Morgan fingerprint density at radius 1 is 1.17 bits per heavy atom. The quantitative estimate of drug-likeness (QED) is 0.364. The van der Waals surface area contributed by atoms with Crippen molar-refractivity contribution in [1.82, 2.24) is 5.32 Å².